The molecule has 0 bridgehead atoms. The van der Waals surface area contributed by atoms with E-state index in [-0.39, 0.29) is 6.42 Å². The Kier molecular flexibility index (Phi) is 1.60. The van der Waals surface area contributed by atoms with Gasteiger partial charge < -0.3 is 9.84 Å². The van der Waals surface area contributed by atoms with Crippen LogP contribution >= 0.6 is 0 Å². The van der Waals surface area contributed by atoms with E-state index >= 15 is 0 Å². The van der Waals surface area contributed by atoms with Gasteiger partial charge in [0.15, 0.2) is 0 Å². The highest BCUT2D eigenvalue weighted by atomic mass is 17.5. The molecule has 0 amide bonds. The fourth-order valence-electron chi connectivity index (χ4n) is 0.500. The Morgan fingerprint density at radius 2 is 2.40 bits per heavy atom. The zero-order valence-electron chi connectivity index (χ0n) is 5.07. The summed E-state index contributed by atoms with van der Waals surface area (Å²) in [6.07, 6.45) is 0.203. The summed E-state index contributed by atoms with van der Waals surface area (Å²) in [6, 6.07) is 0. The van der Waals surface area contributed by atoms with Gasteiger partial charge in [0.25, 0.3) is 0 Å². The summed E-state index contributed by atoms with van der Waals surface area (Å²) in [5.41, 5.74) is 0. The first-order valence-corrected chi connectivity index (χ1v) is 2.58. The zero-order chi connectivity index (χ0) is 7.61. The van der Waals surface area contributed by atoms with Crippen LogP contribution in [0.4, 0.5) is 4.79 Å². The highest BCUT2D eigenvalue weighted by molar-refractivity contribution is 5.57. The van der Waals surface area contributed by atoms with Crippen molar-refractivity contribution in [2.75, 3.05) is 0 Å². The molecule has 0 aromatic heterocycles. The summed E-state index contributed by atoms with van der Waals surface area (Å²) in [4.78, 5) is 18.5. The molecular formula is C5H6O5. The molecule has 1 heterocycles. The van der Waals surface area contributed by atoms with Gasteiger partial charge in [-0.05, 0) is 0 Å². The molecule has 1 fully saturated rings. The Balaban J connectivity index is 2.37. The van der Waals surface area contributed by atoms with E-state index < -0.39 is 12.1 Å². The second-order valence-electron chi connectivity index (χ2n) is 1.71. The van der Waals surface area contributed by atoms with Crippen molar-refractivity contribution in [3.05, 3.63) is 12.7 Å². The van der Waals surface area contributed by atoms with Crippen LogP contribution < -0.4 is 0 Å². The van der Waals surface area contributed by atoms with Crippen LogP contribution in [0.15, 0.2) is 12.7 Å². The fourth-order valence-corrected chi connectivity index (χ4v) is 0.500. The molecule has 5 nitrogen and oxygen atoms in total. The van der Waals surface area contributed by atoms with Crippen LogP contribution in [0.3, 0.4) is 0 Å². The molecule has 0 atom stereocenters. The van der Waals surface area contributed by atoms with Crippen molar-refractivity contribution >= 4 is 6.16 Å². The molecular weight excluding hydrogens is 140 g/mol. The highest BCUT2D eigenvalue weighted by Crippen LogP contribution is 2.34. The van der Waals surface area contributed by atoms with Gasteiger partial charge >= 0.3 is 12.1 Å². The summed E-state index contributed by atoms with van der Waals surface area (Å²) < 4.78 is 4.19. The number of hydrogen-bond acceptors (Lipinski definition) is 4. The van der Waals surface area contributed by atoms with Gasteiger partial charge in [0.2, 0.25) is 0 Å². The van der Waals surface area contributed by atoms with Crippen molar-refractivity contribution in [2.45, 2.75) is 12.4 Å². The van der Waals surface area contributed by atoms with E-state index in [0.717, 1.165) is 0 Å². The van der Waals surface area contributed by atoms with E-state index in [0.29, 0.717) is 0 Å². The van der Waals surface area contributed by atoms with Crippen LogP contribution in [-0.4, -0.2) is 17.2 Å². The molecule has 0 radical (unpaired) electrons. The minimum absolute atomic E-state index is 0.194. The maximum Gasteiger partial charge on any atom is 0.510 e. The monoisotopic (exact) mass is 146 g/mol. The number of carbonyl (C=O) groups is 1. The van der Waals surface area contributed by atoms with Crippen LogP contribution in [0, 0.1) is 0 Å². The molecule has 0 aromatic rings. The van der Waals surface area contributed by atoms with Gasteiger partial charge in [-0.25, -0.2) is 4.79 Å². The van der Waals surface area contributed by atoms with Gasteiger partial charge in [0, 0.05) is 0 Å². The molecule has 1 rings (SSSR count). The number of rotatable bonds is 3. The molecule has 5 heteroatoms. The van der Waals surface area contributed by atoms with E-state index in [1.54, 1.807) is 0 Å². The third-order valence-corrected chi connectivity index (χ3v) is 0.906. The first-order valence-electron chi connectivity index (χ1n) is 2.58. The van der Waals surface area contributed by atoms with E-state index in [9.17, 15) is 4.79 Å². The lowest BCUT2D eigenvalue weighted by Gasteiger charge is -2.00. The quantitative estimate of drug-likeness (QED) is 0.277. The average molecular weight is 146 g/mol. The number of carboxylic acid groups (broad SMARTS) is 1. The SMILES string of the molecule is C=CCC1(OC(=O)O)OO1. The zero-order valence-corrected chi connectivity index (χ0v) is 5.07. The third kappa shape index (κ3) is 1.46. The Labute approximate surface area is 56.7 Å². The van der Waals surface area contributed by atoms with E-state index in [1.807, 2.05) is 0 Å². The molecule has 0 aromatic carbocycles. The first kappa shape index (κ1) is 7.04. The van der Waals surface area contributed by atoms with Crippen molar-refractivity contribution in [1.82, 2.24) is 0 Å². The van der Waals surface area contributed by atoms with Crippen molar-refractivity contribution < 1.29 is 24.4 Å². The third-order valence-electron chi connectivity index (χ3n) is 0.906. The van der Waals surface area contributed by atoms with Crippen molar-refractivity contribution in [3.63, 3.8) is 0 Å². The van der Waals surface area contributed by atoms with E-state index in [2.05, 4.69) is 21.1 Å². The van der Waals surface area contributed by atoms with Crippen molar-refractivity contribution in [1.29, 1.82) is 0 Å². The normalized spacial score (nSPS) is 19.6. The smallest absolute Gasteiger partial charge is 0.450 e. The molecule has 0 saturated carbocycles. The predicted octanol–water partition coefficient (Wildman–Crippen LogP) is 0.873. The Bertz CT molecular complexity index is 159. The molecule has 1 N–H and O–H groups in total. The van der Waals surface area contributed by atoms with Gasteiger partial charge in [-0.2, -0.15) is 9.78 Å². The van der Waals surface area contributed by atoms with Crippen LogP contribution in [0.5, 0.6) is 0 Å². The average Bonchev–Trinajstić information content (AvgIpc) is 2.47. The summed E-state index contributed by atoms with van der Waals surface area (Å²) in [6.45, 7) is 3.36. The lowest BCUT2D eigenvalue weighted by molar-refractivity contribution is -0.0241. The Morgan fingerprint density at radius 1 is 1.80 bits per heavy atom. The molecule has 0 aliphatic carbocycles. The summed E-state index contributed by atoms with van der Waals surface area (Å²) in [5, 5.41) is 8.10. The van der Waals surface area contributed by atoms with Crippen LogP contribution in [-0.2, 0) is 14.5 Å². The van der Waals surface area contributed by atoms with Crippen LogP contribution in [0.1, 0.15) is 6.42 Å². The second kappa shape index (κ2) is 2.28. The van der Waals surface area contributed by atoms with Gasteiger partial charge in [0.1, 0.15) is 0 Å². The summed E-state index contributed by atoms with van der Waals surface area (Å²) >= 11 is 0. The molecule has 56 valence electrons. The topological polar surface area (TPSA) is 71.6 Å². The Hall–Kier alpha value is -1.07. The minimum atomic E-state index is -1.43. The molecule has 1 saturated heterocycles. The summed E-state index contributed by atoms with van der Waals surface area (Å²) in [7, 11) is 0. The molecule has 0 spiro atoms. The maximum absolute atomic E-state index is 9.91. The minimum Gasteiger partial charge on any atom is -0.450 e. The van der Waals surface area contributed by atoms with Gasteiger partial charge in [-0.1, -0.05) is 6.08 Å². The van der Waals surface area contributed by atoms with Crippen molar-refractivity contribution in [3.8, 4) is 0 Å². The largest absolute Gasteiger partial charge is 0.510 e. The molecule has 0 unspecified atom stereocenters. The maximum atomic E-state index is 9.91. The molecule has 10 heavy (non-hydrogen) atoms. The molecule has 1 aliphatic heterocycles. The van der Waals surface area contributed by atoms with Gasteiger partial charge in [0.05, 0.1) is 6.42 Å². The number of ether oxygens (including phenoxy) is 1. The fraction of sp³-hybridized carbons (Fsp3) is 0.400. The Morgan fingerprint density at radius 3 is 2.70 bits per heavy atom. The standard InChI is InChI=1S/C5H6O5/c1-2-3-5(9-10-5)8-4(6)7/h2H,1,3H2,(H,6,7). The van der Waals surface area contributed by atoms with Crippen LogP contribution in [0.2, 0.25) is 0 Å². The van der Waals surface area contributed by atoms with E-state index in [4.69, 9.17) is 5.11 Å². The predicted molar refractivity (Wildman–Crippen MR) is 28.8 cm³/mol. The van der Waals surface area contributed by atoms with E-state index in [1.165, 1.54) is 6.08 Å². The lowest BCUT2D eigenvalue weighted by Crippen LogP contribution is -2.18. The second-order valence-corrected chi connectivity index (χ2v) is 1.71. The number of hydrogen-bond donors (Lipinski definition) is 1. The lowest BCUT2D eigenvalue weighted by atomic mass is 10.4. The summed E-state index contributed by atoms with van der Waals surface area (Å²) in [5.74, 6) is -1.40. The molecule has 1 aliphatic rings. The highest BCUT2D eigenvalue weighted by Gasteiger charge is 2.53. The van der Waals surface area contributed by atoms with Gasteiger partial charge in [-0.3, -0.25) is 0 Å². The van der Waals surface area contributed by atoms with Crippen LogP contribution in [0.25, 0.3) is 0 Å². The first-order chi connectivity index (χ1) is 4.68. The van der Waals surface area contributed by atoms with Crippen molar-refractivity contribution in [2.24, 2.45) is 0 Å². The van der Waals surface area contributed by atoms with Gasteiger partial charge in [-0.15, -0.1) is 6.58 Å².